The van der Waals surface area contributed by atoms with Crippen molar-refractivity contribution >= 4 is 5.91 Å². The van der Waals surface area contributed by atoms with E-state index in [4.69, 9.17) is 4.84 Å². The molecule has 1 N–H and O–H groups in total. The minimum atomic E-state index is -0.774. The van der Waals surface area contributed by atoms with Gasteiger partial charge < -0.3 is 10.2 Å². The number of carbonyl (C=O) groups excluding carboxylic acids is 1. The molecule has 1 atom stereocenters. The number of hydrogen-bond acceptors (Lipinski definition) is 4. The average Bonchev–Trinajstić information content (AvgIpc) is 2.44. The zero-order valence-electron chi connectivity index (χ0n) is 14.6. The van der Waals surface area contributed by atoms with Gasteiger partial charge in [-0.05, 0) is 40.3 Å². The normalized spacial score (nSPS) is 14.9. The van der Waals surface area contributed by atoms with Gasteiger partial charge in [0.2, 0.25) is 0 Å². The van der Waals surface area contributed by atoms with E-state index in [0.29, 0.717) is 6.42 Å². The zero-order valence-corrected chi connectivity index (χ0v) is 14.6. The van der Waals surface area contributed by atoms with Crippen LogP contribution in [0.3, 0.4) is 0 Å². The molecule has 0 saturated heterocycles. The molecular weight excluding hydrogens is 266 g/mol. The van der Waals surface area contributed by atoms with Crippen molar-refractivity contribution in [2.45, 2.75) is 45.1 Å². The fourth-order valence-electron chi connectivity index (χ4n) is 2.28. The molecule has 0 aliphatic heterocycles. The molecule has 1 amide bonds. The molecule has 0 rings (SSSR count). The van der Waals surface area contributed by atoms with Gasteiger partial charge in [-0.1, -0.05) is 25.5 Å². The third kappa shape index (κ3) is 7.60. The monoisotopic (exact) mass is 299 g/mol. The lowest BCUT2D eigenvalue weighted by Gasteiger charge is -2.35. The summed E-state index contributed by atoms with van der Waals surface area (Å²) in [6.45, 7) is 5.72. The summed E-state index contributed by atoms with van der Waals surface area (Å²) in [6.07, 6.45) is 7.25. The minimum Gasteiger partial charge on any atom is -0.357 e. The van der Waals surface area contributed by atoms with Crippen molar-refractivity contribution in [1.29, 1.82) is 0 Å². The predicted octanol–water partition coefficient (Wildman–Crippen LogP) is 2.05. The summed E-state index contributed by atoms with van der Waals surface area (Å²) in [5.74, 6) is -0.0365. The highest BCUT2D eigenvalue weighted by molar-refractivity contribution is 5.84. The van der Waals surface area contributed by atoms with E-state index in [0.717, 1.165) is 32.4 Å². The van der Waals surface area contributed by atoms with Crippen molar-refractivity contribution in [2.24, 2.45) is 0 Å². The molecule has 21 heavy (non-hydrogen) atoms. The van der Waals surface area contributed by atoms with Crippen LogP contribution < -0.4 is 5.32 Å². The largest absolute Gasteiger partial charge is 0.357 e. The Bertz CT molecular complexity index is 319. The molecule has 0 fully saturated rings. The highest BCUT2D eigenvalue weighted by atomic mass is 16.7. The van der Waals surface area contributed by atoms with Crippen molar-refractivity contribution in [3.63, 3.8) is 0 Å². The number of likely N-dealkylation sites (N-methyl/N-ethyl adjacent to an activating group) is 3. The van der Waals surface area contributed by atoms with E-state index >= 15 is 0 Å². The van der Waals surface area contributed by atoms with Crippen molar-refractivity contribution in [2.75, 3.05) is 41.3 Å². The Balaban J connectivity index is 4.92. The number of allylic oxidation sites excluding steroid dienone is 2. The molecular formula is C16H33N3O2. The summed E-state index contributed by atoms with van der Waals surface area (Å²) in [7, 11) is 7.62. The van der Waals surface area contributed by atoms with Gasteiger partial charge in [0.1, 0.15) is 0 Å². The van der Waals surface area contributed by atoms with E-state index in [1.807, 2.05) is 34.1 Å². The molecule has 1 unspecified atom stereocenters. The quantitative estimate of drug-likeness (QED) is 0.468. The summed E-state index contributed by atoms with van der Waals surface area (Å²) in [4.78, 5) is 20.6. The molecule has 0 saturated carbocycles. The van der Waals surface area contributed by atoms with Crippen LogP contribution in [-0.2, 0) is 9.63 Å². The Kier molecular flexibility index (Phi) is 10.3. The van der Waals surface area contributed by atoms with Gasteiger partial charge in [0.05, 0.1) is 0 Å². The SMILES string of the molecule is C/C=C\CCC(CCC)(ON(C)CCN(C)C)C(=O)NC. The molecule has 0 aliphatic carbocycles. The van der Waals surface area contributed by atoms with Crippen LogP contribution in [0, 0.1) is 0 Å². The number of hydrogen-bond donors (Lipinski definition) is 1. The predicted molar refractivity (Wildman–Crippen MR) is 88.0 cm³/mol. The van der Waals surface area contributed by atoms with Crippen molar-refractivity contribution < 1.29 is 9.63 Å². The summed E-state index contributed by atoms with van der Waals surface area (Å²) in [6, 6.07) is 0. The van der Waals surface area contributed by atoms with Crippen molar-refractivity contribution in [1.82, 2.24) is 15.3 Å². The summed E-state index contributed by atoms with van der Waals surface area (Å²) < 4.78 is 0. The minimum absolute atomic E-state index is 0.0365. The van der Waals surface area contributed by atoms with Crippen LogP contribution in [0.1, 0.15) is 39.5 Å². The van der Waals surface area contributed by atoms with E-state index in [-0.39, 0.29) is 5.91 Å². The Morgan fingerprint density at radius 1 is 1.24 bits per heavy atom. The first-order chi connectivity index (χ1) is 9.91. The Morgan fingerprint density at radius 3 is 2.38 bits per heavy atom. The van der Waals surface area contributed by atoms with Crippen LogP contribution in [-0.4, -0.2) is 62.8 Å². The second-order valence-electron chi connectivity index (χ2n) is 5.68. The van der Waals surface area contributed by atoms with Gasteiger partial charge in [-0.25, -0.2) is 0 Å². The molecule has 0 radical (unpaired) electrons. The maximum Gasteiger partial charge on any atom is 0.254 e. The van der Waals surface area contributed by atoms with Crippen LogP contribution in [0.5, 0.6) is 0 Å². The van der Waals surface area contributed by atoms with Crippen LogP contribution >= 0.6 is 0 Å². The van der Waals surface area contributed by atoms with Gasteiger partial charge >= 0.3 is 0 Å². The summed E-state index contributed by atoms with van der Waals surface area (Å²) in [5, 5.41) is 4.55. The number of hydroxylamine groups is 2. The molecule has 0 heterocycles. The smallest absolute Gasteiger partial charge is 0.254 e. The average molecular weight is 299 g/mol. The first-order valence-electron chi connectivity index (χ1n) is 7.80. The van der Waals surface area contributed by atoms with E-state index < -0.39 is 5.60 Å². The molecule has 0 aromatic rings. The standard InChI is InChI=1S/C16H33N3O2/c1-7-9-10-12-16(11-8-2,15(20)17-3)21-19(6)14-13-18(4)5/h7,9H,8,10-14H2,1-6H3,(H,17,20)/b9-7-. The Hall–Kier alpha value is -0.910. The third-order valence-electron chi connectivity index (χ3n) is 3.44. The topological polar surface area (TPSA) is 44.8 Å². The number of nitrogens with zero attached hydrogens (tertiary/aromatic N) is 2. The van der Waals surface area contributed by atoms with E-state index in [9.17, 15) is 4.79 Å². The lowest BCUT2D eigenvalue weighted by Crippen LogP contribution is -2.51. The first-order valence-corrected chi connectivity index (χ1v) is 7.80. The first kappa shape index (κ1) is 20.1. The van der Waals surface area contributed by atoms with E-state index in [1.165, 1.54) is 0 Å². The molecule has 124 valence electrons. The highest BCUT2D eigenvalue weighted by Gasteiger charge is 2.39. The molecule has 0 aromatic heterocycles. The zero-order chi connectivity index (χ0) is 16.3. The van der Waals surface area contributed by atoms with Gasteiger partial charge in [-0.3, -0.25) is 9.63 Å². The van der Waals surface area contributed by atoms with Crippen LogP contribution in [0.4, 0.5) is 0 Å². The molecule has 0 aliphatic rings. The Morgan fingerprint density at radius 2 is 1.90 bits per heavy atom. The van der Waals surface area contributed by atoms with Crippen molar-refractivity contribution in [3.05, 3.63) is 12.2 Å². The molecule has 0 aromatic carbocycles. The van der Waals surface area contributed by atoms with Crippen LogP contribution in [0.15, 0.2) is 12.2 Å². The maximum atomic E-state index is 12.4. The number of carbonyl (C=O) groups is 1. The van der Waals surface area contributed by atoms with Crippen LogP contribution in [0.25, 0.3) is 0 Å². The van der Waals surface area contributed by atoms with Crippen LogP contribution in [0.2, 0.25) is 0 Å². The lowest BCUT2D eigenvalue weighted by atomic mass is 9.91. The van der Waals surface area contributed by atoms with Gasteiger partial charge in [-0.2, -0.15) is 5.06 Å². The number of rotatable bonds is 11. The molecule has 5 heteroatoms. The van der Waals surface area contributed by atoms with Gasteiger partial charge in [0.15, 0.2) is 5.60 Å². The Labute approximate surface area is 130 Å². The van der Waals surface area contributed by atoms with E-state index in [2.05, 4.69) is 23.2 Å². The second kappa shape index (κ2) is 10.8. The highest BCUT2D eigenvalue weighted by Crippen LogP contribution is 2.26. The molecule has 5 nitrogen and oxygen atoms in total. The molecule has 0 bridgehead atoms. The lowest BCUT2D eigenvalue weighted by molar-refractivity contribution is -0.235. The maximum absolute atomic E-state index is 12.4. The summed E-state index contributed by atoms with van der Waals surface area (Å²) >= 11 is 0. The fraction of sp³-hybridized carbons (Fsp3) is 0.812. The fourth-order valence-corrected chi connectivity index (χ4v) is 2.28. The van der Waals surface area contributed by atoms with Crippen molar-refractivity contribution in [3.8, 4) is 0 Å². The third-order valence-corrected chi connectivity index (χ3v) is 3.44. The number of amides is 1. The van der Waals surface area contributed by atoms with Gasteiger partial charge in [0, 0.05) is 27.2 Å². The summed E-state index contributed by atoms with van der Waals surface area (Å²) in [5.41, 5.74) is -0.774. The number of nitrogens with one attached hydrogen (secondary N) is 1. The second-order valence-corrected chi connectivity index (χ2v) is 5.68. The molecule has 0 spiro atoms. The van der Waals surface area contributed by atoms with Gasteiger partial charge in [-0.15, -0.1) is 0 Å². The van der Waals surface area contributed by atoms with E-state index in [1.54, 1.807) is 12.1 Å². The van der Waals surface area contributed by atoms with Gasteiger partial charge in [0.25, 0.3) is 5.91 Å².